The van der Waals surface area contributed by atoms with Gasteiger partial charge in [0.05, 0.1) is 23.5 Å². The number of piperazine rings is 1. The minimum absolute atomic E-state index is 0.0329. The van der Waals surface area contributed by atoms with Gasteiger partial charge in [0.2, 0.25) is 5.91 Å². The number of benzene rings is 3. The molecule has 0 N–H and O–H groups in total. The maximum atomic E-state index is 13.6. The van der Waals surface area contributed by atoms with E-state index in [4.69, 9.17) is 28.2 Å². The Morgan fingerprint density at radius 2 is 1.64 bits per heavy atom. The van der Waals surface area contributed by atoms with Crippen molar-refractivity contribution in [2.45, 2.75) is 25.9 Å². The molecule has 0 radical (unpaired) electrons. The van der Waals surface area contributed by atoms with E-state index in [0.29, 0.717) is 5.91 Å². The summed E-state index contributed by atoms with van der Waals surface area (Å²) in [5.41, 5.74) is 4.45. The summed E-state index contributed by atoms with van der Waals surface area (Å²) < 4.78 is 2.30. The standard InChI is InChI=1S/C31H33Cl2N5O/c32-25-12-10-23(11-13-25)20-38-29-9-2-1-8-28(29)34-30(38)22-35-14-4-5-24(21-35)31(39)37-17-15-36(16-18-37)27-7-3-6-26(33)19-27/h1-3,6-13,19,24H,4-5,14-18,20-22H2/t24-/m1/s1. The van der Waals surface area contributed by atoms with Gasteiger partial charge in [-0.25, -0.2) is 4.98 Å². The molecule has 1 aromatic heterocycles. The van der Waals surface area contributed by atoms with Crippen molar-refractivity contribution in [3.8, 4) is 0 Å². The fraction of sp³-hybridized carbons (Fsp3) is 0.355. The number of rotatable bonds is 6. The lowest BCUT2D eigenvalue weighted by atomic mass is 9.96. The molecule has 0 aliphatic carbocycles. The molecule has 6 rings (SSSR count). The number of fused-ring (bicyclic) bond motifs is 1. The molecule has 1 atom stereocenters. The van der Waals surface area contributed by atoms with Crippen LogP contribution >= 0.6 is 23.2 Å². The third-order valence-electron chi connectivity index (χ3n) is 7.97. The Morgan fingerprint density at radius 3 is 2.44 bits per heavy atom. The van der Waals surface area contributed by atoms with E-state index in [1.807, 2.05) is 36.4 Å². The summed E-state index contributed by atoms with van der Waals surface area (Å²) in [6, 6.07) is 24.3. The number of nitrogens with zero attached hydrogens (tertiary/aromatic N) is 5. The molecule has 0 unspecified atom stereocenters. The minimum atomic E-state index is 0.0329. The van der Waals surface area contributed by atoms with Gasteiger partial charge in [0.15, 0.2) is 0 Å². The Bertz CT molecular complexity index is 1450. The summed E-state index contributed by atoms with van der Waals surface area (Å²) in [7, 11) is 0. The molecule has 0 spiro atoms. The highest BCUT2D eigenvalue weighted by molar-refractivity contribution is 6.31. The summed E-state index contributed by atoms with van der Waals surface area (Å²) in [6.45, 7) is 6.38. The molecular weight excluding hydrogens is 529 g/mol. The molecule has 202 valence electrons. The van der Waals surface area contributed by atoms with Crippen molar-refractivity contribution in [1.82, 2.24) is 19.4 Å². The fourth-order valence-electron chi connectivity index (χ4n) is 5.91. The second kappa shape index (κ2) is 11.6. The number of carbonyl (C=O) groups excluding carboxylic acids is 1. The Morgan fingerprint density at radius 1 is 0.846 bits per heavy atom. The molecule has 3 heterocycles. The van der Waals surface area contributed by atoms with Crippen molar-refractivity contribution in [3.05, 3.63) is 94.2 Å². The maximum Gasteiger partial charge on any atom is 0.227 e. The highest BCUT2D eigenvalue weighted by Crippen LogP contribution is 2.26. The van der Waals surface area contributed by atoms with Gasteiger partial charge in [-0.2, -0.15) is 0 Å². The first kappa shape index (κ1) is 26.2. The summed E-state index contributed by atoms with van der Waals surface area (Å²) in [5.74, 6) is 1.36. The van der Waals surface area contributed by atoms with E-state index in [0.717, 1.165) is 97.8 Å². The van der Waals surface area contributed by atoms with E-state index in [2.05, 4.69) is 55.7 Å². The molecule has 2 fully saturated rings. The smallest absolute Gasteiger partial charge is 0.227 e. The van der Waals surface area contributed by atoms with Gasteiger partial charge in [0.25, 0.3) is 0 Å². The number of imidazole rings is 1. The van der Waals surface area contributed by atoms with Crippen LogP contribution in [0.5, 0.6) is 0 Å². The average molecular weight is 563 g/mol. The van der Waals surface area contributed by atoms with Crippen LogP contribution < -0.4 is 4.90 Å². The van der Waals surface area contributed by atoms with Crippen molar-refractivity contribution in [2.24, 2.45) is 5.92 Å². The Kier molecular flexibility index (Phi) is 7.78. The highest BCUT2D eigenvalue weighted by atomic mass is 35.5. The van der Waals surface area contributed by atoms with Crippen LogP contribution in [0.1, 0.15) is 24.2 Å². The van der Waals surface area contributed by atoms with Crippen molar-refractivity contribution in [3.63, 3.8) is 0 Å². The van der Waals surface area contributed by atoms with Crippen LogP contribution in [0.4, 0.5) is 5.69 Å². The molecule has 6 nitrogen and oxygen atoms in total. The number of amides is 1. The minimum Gasteiger partial charge on any atom is -0.368 e. The number of likely N-dealkylation sites (tertiary alicyclic amines) is 1. The highest BCUT2D eigenvalue weighted by Gasteiger charge is 2.31. The first-order valence-electron chi connectivity index (χ1n) is 13.7. The number of anilines is 1. The molecule has 8 heteroatoms. The lowest BCUT2D eigenvalue weighted by Gasteiger charge is -2.39. The zero-order valence-corrected chi connectivity index (χ0v) is 23.5. The van der Waals surface area contributed by atoms with E-state index in [9.17, 15) is 4.79 Å². The molecule has 3 aromatic carbocycles. The van der Waals surface area contributed by atoms with Gasteiger partial charge in [-0.05, 0) is 67.4 Å². The molecule has 0 saturated carbocycles. The van der Waals surface area contributed by atoms with Crippen molar-refractivity contribution in [2.75, 3.05) is 44.2 Å². The number of halogens is 2. The van der Waals surface area contributed by atoms with Crippen LogP contribution in [0.15, 0.2) is 72.8 Å². The lowest BCUT2D eigenvalue weighted by molar-refractivity contribution is -0.137. The van der Waals surface area contributed by atoms with Crippen molar-refractivity contribution >= 4 is 45.8 Å². The van der Waals surface area contributed by atoms with Gasteiger partial charge in [-0.15, -0.1) is 0 Å². The molecule has 4 aromatic rings. The van der Waals surface area contributed by atoms with Crippen LogP contribution in [0, 0.1) is 5.92 Å². The first-order chi connectivity index (χ1) is 19.0. The van der Waals surface area contributed by atoms with Gasteiger partial charge >= 0.3 is 0 Å². The Labute approximate surface area is 239 Å². The van der Waals surface area contributed by atoms with Gasteiger partial charge in [0, 0.05) is 55.0 Å². The number of piperidine rings is 1. The van der Waals surface area contributed by atoms with E-state index >= 15 is 0 Å². The lowest BCUT2D eigenvalue weighted by Crippen LogP contribution is -2.52. The zero-order valence-electron chi connectivity index (χ0n) is 22.0. The van der Waals surface area contributed by atoms with E-state index in [-0.39, 0.29) is 5.92 Å². The molecule has 39 heavy (non-hydrogen) atoms. The Balaban J connectivity index is 1.12. The number of carbonyl (C=O) groups is 1. The molecular formula is C31H33Cl2N5O. The van der Waals surface area contributed by atoms with Crippen LogP contribution in [-0.2, 0) is 17.9 Å². The molecule has 2 aliphatic rings. The molecule has 2 aliphatic heterocycles. The molecule has 0 bridgehead atoms. The van der Waals surface area contributed by atoms with Crippen molar-refractivity contribution < 1.29 is 4.79 Å². The Hall–Kier alpha value is -3.06. The zero-order chi connectivity index (χ0) is 26.8. The van der Waals surface area contributed by atoms with Crippen LogP contribution in [0.2, 0.25) is 10.0 Å². The van der Waals surface area contributed by atoms with Crippen LogP contribution in [-0.4, -0.2) is 64.5 Å². The SMILES string of the molecule is O=C([C@@H]1CCCN(Cc2nc3ccccc3n2Cc2ccc(Cl)cc2)C1)N1CCN(c2cccc(Cl)c2)CC1. The maximum absolute atomic E-state index is 13.6. The van der Waals surface area contributed by atoms with E-state index in [1.165, 1.54) is 5.56 Å². The van der Waals surface area contributed by atoms with E-state index in [1.54, 1.807) is 0 Å². The van der Waals surface area contributed by atoms with E-state index < -0.39 is 0 Å². The third-order valence-corrected chi connectivity index (χ3v) is 8.46. The summed E-state index contributed by atoms with van der Waals surface area (Å²) in [6.07, 6.45) is 1.97. The molecule has 2 saturated heterocycles. The first-order valence-corrected chi connectivity index (χ1v) is 14.5. The van der Waals surface area contributed by atoms with Crippen LogP contribution in [0.25, 0.3) is 11.0 Å². The molecule has 1 amide bonds. The normalized spacial score (nSPS) is 18.6. The van der Waals surface area contributed by atoms with Gasteiger partial charge in [-0.3, -0.25) is 9.69 Å². The average Bonchev–Trinajstić information content (AvgIpc) is 3.30. The summed E-state index contributed by atoms with van der Waals surface area (Å²) >= 11 is 12.3. The largest absolute Gasteiger partial charge is 0.368 e. The monoisotopic (exact) mass is 561 g/mol. The number of para-hydroxylation sites is 2. The quantitative estimate of drug-likeness (QED) is 0.291. The second-order valence-electron chi connectivity index (χ2n) is 10.6. The summed E-state index contributed by atoms with van der Waals surface area (Å²) in [4.78, 5) is 25.3. The second-order valence-corrected chi connectivity index (χ2v) is 11.5. The van der Waals surface area contributed by atoms with Crippen molar-refractivity contribution in [1.29, 1.82) is 0 Å². The third kappa shape index (κ3) is 5.93. The predicted molar refractivity (Wildman–Crippen MR) is 159 cm³/mol. The van der Waals surface area contributed by atoms with Gasteiger partial charge < -0.3 is 14.4 Å². The number of hydrogen-bond donors (Lipinski definition) is 0. The number of hydrogen-bond acceptors (Lipinski definition) is 4. The fourth-order valence-corrected chi connectivity index (χ4v) is 6.22. The predicted octanol–water partition coefficient (Wildman–Crippen LogP) is 5.95. The van der Waals surface area contributed by atoms with Gasteiger partial charge in [0.1, 0.15) is 5.82 Å². The van der Waals surface area contributed by atoms with Crippen LogP contribution in [0.3, 0.4) is 0 Å². The topological polar surface area (TPSA) is 44.6 Å². The summed E-state index contributed by atoms with van der Waals surface area (Å²) in [5, 5.41) is 1.49. The van der Waals surface area contributed by atoms with Gasteiger partial charge in [-0.1, -0.05) is 53.5 Å². The number of aromatic nitrogens is 2.